The third-order valence-corrected chi connectivity index (χ3v) is 5.72. The first-order valence-corrected chi connectivity index (χ1v) is 7.88. The summed E-state index contributed by atoms with van der Waals surface area (Å²) in [5.74, 6) is 0.154. The Bertz CT molecular complexity index is 591. The monoisotopic (exact) mass is 490 g/mol. The number of benzene rings is 1. The summed E-state index contributed by atoms with van der Waals surface area (Å²) in [6, 6.07) is 8.53. The van der Waals surface area contributed by atoms with Crippen LogP contribution in [0.5, 0.6) is 0 Å². The zero-order chi connectivity index (χ0) is 13.5. The van der Waals surface area contributed by atoms with Crippen LogP contribution in [0.1, 0.15) is 12.8 Å². The number of sulfonamides is 1. The summed E-state index contributed by atoms with van der Waals surface area (Å²) in [6.45, 7) is 1.32. The van der Waals surface area contributed by atoms with E-state index in [0.29, 0.717) is 31.0 Å². The van der Waals surface area contributed by atoms with Crippen LogP contribution in [0.3, 0.4) is 0 Å². The predicted molar refractivity (Wildman–Crippen MR) is 78.5 cm³/mol. The first kappa shape index (κ1) is 15.9. The van der Waals surface area contributed by atoms with E-state index in [2.05, 4.69) is 0 Å². The third-order valence-electron chi connectivity index (χ3n) is 3.84. The van der Waals surface area contributed by atoms with Gasteiger partial charge < -0.3 is 4.90 Å². The normalized spacial score (nSPS) is 23.3. The van der Waals surface area contributed by atoms with E-state index in [1.807, 2.05) is 4.90 Å². The second-order valence-electron chi connectivity index (χ2n) is 4.96. The number of fused-ring (bicyclic) bond motifs is 1. The van der Waals surface area contributed by atoms with Crippen LogP contribution in [0, 0.1) is 0 Å². The van der Waals surface area contributed by atoms with Crippen molar-refractivity contribution in [2.75, 3.05) is 19.6 Å². The van der Waals surface area contributed by atoms with E-state index in [9.17, 15) is 13.2 Å². The maximum atomic E-state index is 12.5. The van der Waals surface area contributed by atoms with Crippen LogP contribution < -0.4 is 0 Å². The van der Waals surface area contributed by atoms with E-state index in [-0.39, 0.29) is 39.2 Å². The van der Waals surface area contributed by atoms with Gasteiger partial charge in [0.15, 0.2) is 0 Å². The van der Waals surface area contributed by atoms with Crippen LogP contribution in [0.25, 0.3) is 0 Å². The Morgan fingerprint density at radius 3 is 2.50 bits per heavy atom. The zero-order valence-electron chi connectivity index (χ0n) is 11.2. The molecule has 108 valence electrons. The van der Waals surface area contributed by atoms with Crippen molar-refractivity contribution in [1.82, 2.24) is 9.21 Å². The van der Waals surface area contributed by atoms with E-state index >= 15 is 0 Å². The molecule has 1 aromatic carbocycles. The summed E-state index contributed by atoms with van der Waals surface area (Å²) < 4.78 is 26.5. The minimum atomic E-state index is -3.42. The molecule has 0 saturated carbocycles. The second kappa shape index (κ2) is 6.10. The number of piperazine rings is 1. The second-order valence-corrected chi connectivity index (χ2v) is 6.89. The van der Waals surface area contributed by atoms with Crippen molar-refractivity contribution in [1.29, 1.82) is 0 Å². The Morgan fingerprint density at radius 1 is 1.10 bits per heavy atom. The van der Waals surface area contributed by atoms with E-state index in [4.69, 9.17) is 0 Å². The van der Waals surface area contributed by atoms with Crippen molar-refractivity contribution in [3.63, 3.8) is 0 Å². The summed E-state index contributed by atoms with van der Waals surface area (Å²) >= 11 is 0. The molecule has 0 aromatic heterocycles. The van der Waals surface area contributed by atoms with Gasteiger partial charge in [0.1, 0.15) is 0 Å². The number of amides is 1. The van der Waals surface area contributed by atoms with E-state index < -0.39 is 10.0 Å². The molecule has 2 aliphatic heterocycles. The summed E-state index contributed by atoms with van der Waals surface area (Å²) in [5.41, 5.74) is 0. The van der Waals surface area contributed by atoms with E-state index in [1.54, 1.807) is 30.3 Å². The van der Waals surface area contributed by atoms with Gasteiger partial charge in [-0.3, -0.25) is 4.79 Å². The van der Waals surface area contributed by atoms with Crippen molar-refractivity contribution in [3.05, 3.63) is 30.3 Å². The van der Waals surface area contributed by atoms with Gasteiger partial charge in [-0.2, -0.15) is 4.31 Å². The van der Waals surface area contributed by atoms with Crippen LogP contribution in [0.15, 0.2) is 35.2 Å². The van der Waals surface area contributed by atoms with Crippen LogP contribution in [0.2, 0.25) is 0 Å². The summed E-state index contributed by atoms with van der Waals surface area (Å²) in [6.07, 6.45) is 1.31. The molecule has 2 saturated heterocycles. The topological polar surface area (TPSA) is 57.7 Å². The van der Waals surface area contributed by atoms with Crippen molar-refractivity contribution in [2.24, 2.45) is 0 Å². The van der Waals surface area contributed by atoms with Crippen LogP contribution in [-0.2, 0) is 14.8 Å². The van der Waals surface area contributed by atoms with Gasteiger partial charge in [-0.15, -0.1) is 0 Å². The number of hydrogen-bond acceptors (Lipinski definition) is 3. The number of hydrogen-bond donors (Lipinski definition) is 0. The first-order valence-electron chi connectivity index (χ1n) is 6.44. The fourth-order valence-electron chi connectivity index (χ4n) is 2.80. The molecular formula is C13H18N2O3PbS. The molecule has 2 aliphatic rings. The Balaban J connectivity index is 0.00000147. The van der Waals surface area contributed by atoms with Crippen molar-refractivity contribution in [2.45, 2.75) is 23.8 Å². The fourth-order valence-corrected chi connectivity index (χ4v) is 4.29. The molecule has 20 heavy (non-hydrogen) atoms. The SMILES string of the molecule is O=C1CCC2CN(S(=O)(=O)c3ccccc3)CCN12.[PbH2]. The molecule has 0 aliphatic carbocycles. The predicted octanol–water partition coefficient (Wildman–Crippen LogP) is -0.234. The standard InChI is InChI=1S/C13H16N2O3S.Pb.2H/c16-13-7-6-11-10-14(8-9-15(11)13)19(17,18)12-4-2-1-3-5-12;;;/h1-5,11H,6-10H2;;;. The molecule has 1 amide bonds. The van der Waals surface area contributed by atoms with Crippen molar-refractivity contribution < 1.29 is 13.2 Å². The molecule has 1 aromatic rings. The third kappa shape index (κ3) is 2.77. The summed E-state index contributed by atoms with van der Waals surface area (Å²) in [5, 5.41) is 0. The van der Waals surface area contributed by atoms with Gasteiger partial charge >= 0.3 is 27.3 Å². The van der Waals surface area contributed by atoms with Gasteiger partial charge in [0, 0.05) is 32.1 Å². The Labute approximate surface area is 139 Å². The molecule has 0 spiro atoms. The quantitative estimate of drug-likeness (QED) is 0.540. The number of carbonyl (C=O) groups is 1. The number of rotatable bonds is 2. The number of carbonyl (C=O) groups excluding carboxylic acids is 1. The van der Waals surface area contributed by atoms with Gasteiger partial charge in [0.2, 0.25) is 15.9 Å². The van der Waals surface area contributed by atoms with Crippen LogP contribution in [0.4, 0.5) is 0 Å². The average Bonchev–Trinajstić information content (AvgIpc) is 2.81. The molecule has 2 fully saturated rings. The molecule has 5 nitrogen and oxygen atoms in total. The molecule has 0 N–H and O–H groups in total. The van der Waals surface area contributed by atoms with E-state index in [1.165, 1.54) is 4.31 Å². The average molecular weight is 490 g/mol. The minimum absolute atomic E-state index is 0. The van der Waals surface area contributed by atoms with Crippen molar-refractivity contribution >= 4 is 43.2 Å². The van der Waals surface area contributed by atoms with Crippen LogP contribution >= 0.6 is 0 Å². The maximum absolute atomic E-state index is 12.5. The van der Waals surface area contributed by atoms with Gasteiger partial charge in [-0.05, 0) is 18.6 Å². The van der Waals surface area contributed by atoms with Gasteiger partial charge in [0.25, 0.3) is 0 Å². The molecule has 0 bridgehead atoms. The van der Waals surface area contributed by atoms with Crippen molar-refractivity contribution in [3.8, 4) is 0 Å². The molecular weight excluding hydrogens is 471 g/mol. The Morgan fingerprint density at radius 2 is 1.80 bits per heavy atom. The molecule has 7 heteroatoms. The molecule has 2 heterocycles. The number of nitrogens with zero attached hydrogens (tertiary/aromatic N) is 2. The zero-order valence-corrected chi connectivity index (χ0v) is 17.5. The molecule has 1 atom stereocenters. The van der Waals surface area contributed by atoms with Gasteiger partial charge in [0.05, 0.1) is 4.90 Å². The van der Waals surface area contributed by atoms with Gasteiger partial charge in [-0.1, -0.05) is 18.2 Å². The first-order chi connectivity index (χ1) is 9.09. The summed E-state index contributed by atoms with van der Waals surface area (Å²) in [4.78, 5) is 13.7. The molecule has 3 rings (SSSR count). The van der Waals surface area contributed by atoms with Gasteiger partial charge in [-0.25, -0.2) is 8.42 Å². The fraction of sp³-hybridized carbons (Fsp3) is 0.462. The van der Waals surface area contributed by atoms with Crippen LogP contribution in [-0.4, -0.2) is 76.5 Å². The van der Waals surface area contributed by atoms with E-state index in [0.717, 1.165) is 6.42 Å². The Kier molecular flexibility index (Phi) is 4.85. The Hall–Kier alpha value is -0.478. The molecule has 2 radical (unpaired) electrons. The molecule has 1 unspecified atom stereocenters. The summed E-state index contributed by atoms with van der Waals surface area (Å²) in [7, 11) is -3.42.